The normalized spacial score (nSPS) is 11.6. The number of hydrogen-bond donors (Lipinski definition) is 0. The Kier molecular flexibility index (Phi) is 7.14. The predicted octanol–water partition coefficient (Wildman–Crippen LogP) is 13.6. The van der Waals surface area contributed by atoms with Crippen molar-refractivity contribution in [3.8, 4) is 56.4 Å². The first-order chi connectivity index (χ1) is 27.2. The van der Waals surface area contributed by atoms with Crippen molar-refractivity contribution in [2.45, 2.75) is 0 Å². The third-order valence-electron chi connectivity index (χ3n) is 10.7. The van der Waals surface area contributed by atoms with E-state index in [1.54, 1.807) is 0 Å². The summed E-state index contributed by atoms with van der Waals surface area (Å²) in [5.41, 5.74) is 8.78. The van der Waals surface area contributed by atoms with Gasteiger partial charge in [0.05, 0.1) is 5.56 Å². The van der Waals surface area contributed by atoms with E-state index in [-0.39, 0.29) is 0 Å². The molecule has 0 amide bonds. The average molecular weight is 702 g/mol. The van der Waals surface area contributed by atoms with Crippen molar-refractivity contribution in [2.24, 2.45) is 0 Å². The van der Waals surface area contributed by atoms with Crippen LogP contribution in [0.15, 0.2) is 192 Å². The molecule has 0 saturated carbocycles. The molecule has 0 bridgehead atoms. The van der Waals surface area contributed by atoms with E-state index in [4.69, 9.17) is 19.4 Å². The number of para-hydroxylation sites is 1. The Labute approximate surface area is 317 Å². The van der Waals surface area contributed by atoms with E-state index >= 15 is 0 Å². The van der Waals surface area contributed by atoms with Crippen LogP contribution in [0.25, 0.3) is 111 Å². The van der Waals surface area contributed by atoms with Gasteiger partial charge in [0.25, 0.3) is 0 Å². The summed E-state index contributed by atoms with van der Waals surface area (Å²) >= 11 is 0. The summed E-state index contributed by atoms with van der Waals surface area (Å²) in [7, 11) is 0. The minimum Gasteiger partial charge on any atom is -0.455 e. The molecule has 0 radical (unpaired) electrons. The van der Waals surface area contributed by atoms with Crippen molar-refractivity contribution >= 4 is 54.3 Å². The molecule has 9 aromatic carbocycles. The van der Waals surface area contributed by atoms with E-state index in [0.717, 1.165) is 65.9 Å². The van der Waals surface area contributed by atoms with Gasteiger partial charge in [-0.25, -0.2) is 15.0 Å². The molecule has 11 rings (SSSR count). The lowest BCUT2D eigenvalue weighted by Gasteiger charge is -2.10. The van der Waals surface area contributed by atoms with Crippen molar-refractivity contribution < 1.29 is 4.42 Å². The highest BCUT2D eigenvalue weighted by atomic mass is 16.3. The van der Waals surface area contributed by atoms with Crippen LogP contribution in [0.1, 0.15) is 0 Å². The first-order valence-electron chi connectivity index (χ1n) is 18.5. The molecule has 0 saturated heterocycles. The molecule has 0 aliphatic heterocycles. The van der Waals surface area contributed by atoms with Gasteiger partial charge in [0, 0.05) is 27.5 Å². The number of hydrogen-bond acceptors (Lipinski definition) is 4. The molecule has 0 fully saturated rings. The molecule has 0 aliphatic carbocycles. The Morgan fingerprint density at radius 1 is 0.291 bits per heavy atom. The van der Waals surface area contributed by atoms with Crippen LogP contribution in [-0.4, -0.2) is 15.0 Å². The Balaban J connectivity index is 1.10. The van der Waals surface area contributed by atoms with Gasteiger partial charge in [0.15, 0.2) is 17.5 Å². The maximum atomic E-state index is 7.04. The quantitative estimate of drug-likeness (QED) is 0.179. The van der Waals surface area contributed by atoms with E-state index in [1.165, 1.54) is 27.3 Å². The van der Waals surface area contributed by atoms with Crippen molar-refractivity contribution in [1.29, 1.82) is 0 Å². The monoisotopic (exact) mass is 701 g/mol. The highest BCUT2D eigenvalue weighted by molar-refractivity contribution is 6.19. The fourth-order valence-electron chi connectivity index (χ4n) is 7.93. The van der Waals surface area contributed by atoms with Crippen LogP contribution in [0.4, 0.5) is 0 Å². The van der Waals surface area contributed by atoms with Crippen LogP contribution >= 0.6 is 0 Å². The summed E-state index contributed by atoms with van der Waals surface area (Å²) in [6, 6.07) is 65.9. The van der Waals surface area contributed by atoms with Crippen LogP contribution in [0.3, 0.4) is 0 Å². The summed E-state index contributed by atoms with van der Waals surface area (Å²) in [4.78, 5) is 15.2. The van der Waals surface area contributed by atoms with Gasteiger partial charge >= 0.3 is 0 Å². The van der Waals surface area contributed by atoms with E-state index < -0.39 is 0 Å². The number of furan rings is 1. The molecular weight excluding hydrogens is 671 g/mol. The number of benzene rings is 9. The molecule has 4 heteroatoms. The highest BCUT2D eigenvalue weighted by Gasteiger charge is 2.21. The smallest absolute Gasteiger partial charge is 0.167 e. The highest BCUT2D eigenvalue weighted by Crippen LogP contribution is 2.44. The van der Waals surface area contributed by atoms with E-state index in [1.807, 2.05) is 30.3 Å². The molecular formula is C51H31N3O. The maximum absolute atomic E-state index is 7.04. The zero-order valence-corrected chi connectivity index (χ0v) is 29.6. The zero-order valence-electron chi connectivity index (χ0n) is 29.6. The molecule has 0 aliphatic rings. The van der Waals surface area contributed by atoms with E-state index in [9.17, 15) is 0 Å². The molecule has 0 spiro atoms. The first kappa shape index (κ1) is 31.1. The second kappa shape index (κ2) is 12.6. The fourth-order valence-corrected chi connectivity index (χ4v) is 7.93. The van der Waals surface area contributed by atoms with Gasteiger partial charge in [0.1, 0.15) is 11.2 Å². The number of aromatic nitrogens is 3. The van der Waals surface area contributed by atoms with Crippen LogP contribution in [0.5, 0.6) is 0 Å². The van der Waals surface area contributed by atoms with Crippen molar-refractivity contribution in [1.82, 2.24) is 15.0 Å². The van der Waals surface area contributed by atoms with Gasteiger partial charge in [0.2, 0.25) is 0 Å². The first-order valence-corrected chi connectivity index (χ1v) is 18.5. The molecule has 2 aromatic heterocycles. The summed E-state index contributed by atoms with van der Waals surface area (Å²) in [5, 5.41) is 9.13. The summed E-state index contributed by atoms with van der Waals surface area (Å²) in [5.74, 6) is 1.79. The Hall–Kier alpha value is -7.43. The lowest BCUT2D eigenvalue weighted by atomic mass is 9.93. The second-order valence-electron chi connectivity index (χ2n) is 14.0. The molecule has 55 heavy (non-hydrogen) atoms. The van der Waals surface area contributed by atoms with Gasteiger partial charge in [-0.15, -0.1) is 0 Å². The topological polar surface area (TPSA) is 51.8 Å². The molecule has 0 atom stereocenters. The molecule has 0 unspecified atom stereocenters. The van der Waals surface area contributed by atoms with Crippen LogP contribution in [-0.2, 0) is 0 Å². The van der Waals surface area contributed by atoms with Crippen LogP contribution < -0.4 is 0 Å². The second-order valence-corrected chi connectivity index (χ2v) is 14.0. The summed E-state index contributed by atoms with van der Waals surface area (Å²) < 4.78 is 7.04. The number of fused-ring (bicyclic) bond motifs is 6. The third-order valence-corrected chi connectivity index (χ3v) is 10.7. The summed E-state index contributed by atoms with van der Waals surface area (Å²) in [6.07, 6.45) is 0. The van der Waals surface area contributed by atoms with Gasteiger partial charge in [-0.3, -0.25) is 0 Å². The molecule has 11 aromatic rings. The van der Waals surface area contributed by atoms with Crippen molar-refractivity contribution in [3.63, 3.8) is 0 Å². The molecule has 0 N–H and O–H groups in total. The minimum absolute atomic E-state index is 0.563. The Morgan fingerprint density at radius 2 is 0.836 bits per heavy atom. The molecule has 256 valence electrons. The zero-order chi connectivity index (χ0) is 36.3. The lowest BCUT2D eigenvalue weighted by molar-refractivity contribution is 0.671. The maximum Gasteiger partial charge on any atom is 0.167 e. The largest absolute Gasteiger partial charge is 0.455 e. The van der Waals surface area contributed by atoms with Gasteiger partial charge < -0.3 is 4.42 Å². The molecule has 4 nitrogen and oxygen atoms in total. The van der Waals surface area contributed by atoms with E-state index in [0.29, 0.717) is 17.5 Å². The predicted molar refractivity (Wildman–Crippen MR) is 227 cm³/mol. The SMILES string of the molecule is c1ccc(-c2nc(-c3ccc4ccccc4c3)nc(-c3cccc4c3oc3c(-c5ccc(-c6ccc7ccccc7c6)cc5)c5ccccc5cc34)n2)cc1. The third kappa shape index (κ3) is 5.34. The van der Waals surface area contributed by atoms with Crippen LogP contribution in [0.2, 0.25) is 0 Å². The lowest BCUT2D eigenvalue weighted by Crippen LogP contribution is -2.00. The molecule has 2 heterocycles. The van der Waals surface area contributed by atoms with Gasteiger partial charge in [-0.1, -0.05) is 164 Å². The fraction of sp³-hybridized carbons (Fsp3) is 0. The Morgan fingerprint density at radius 3 is 1.58 bits per heavy atom. The van der Waals surface area contributed by atoms with Gasteiger partial charge in [-0.2, -0.15) is 0 Å². The number of nitrogens with zero attached hydrogens (tertiary/aromatic N) is 3. The van der Waals surface area contributed by atoms with Crippen molar-refractivity contribution in [2.75, 3.05) is 0 Å². The van der Waals surface area contributed by atoms with Crippen LogP contribution in [0, 0.1) is 0 Å². The average Bonchev–Trinajstić information content (AvgIpc) is 3.63. The van der Waals surface area contributed by atoms with Gasteiger partial charge in [-0.05, 0) is 73.3 Å². The Bertz CT molecular complexity index is 3260. The van der Waals surface area contributed by atoms with E-state index in [2.05, 4.69) is 158 Å². The minimum atomic E-state index is 0.563. The van der Waals surface area contributed by atoms with Crippen molar-refractivity contribution in [3.05, 3.63) is 188 Å². The standard InChI is InChI=1S/C51H31N3O/c1-2-13-36(14-3-1)49-52-50(41-28-24-33-12-5-7-16-38(33)30-41)54-51(53-49)44-20-10-19-43-45-31-40-17-8-9-18-42(40)46(48(45)55-47(43)44)35-25-21-34(22-26-35)39-27-23-32-11-4-6-15-37(32)29-39/h1-31H. The number of rotatable bonds is 5. The summed E-state index contributed by atoms with van der Waals surface area (Å²) in [6.45, 7) is 0.